The molecule has 2 fully saturated rings. The minimum Gasteiger partial charge on any atom is -0.508 e. The predicted octanol–water partition coefficient (Wildman–Crippen LogP) is 7.28. The Labute approximate surface area is 310 Å². The minimum absolute atomic E-state index is 0.0678. The van der Waals surface area contributed by atoms with Gasteiger partial charge in [0, 0.05) is 53.9 Å². The van der Waals surface area contributed by atoms with E-state index in [9.17, 15) is 15.0 Å². The summed E-state index contributed by atoms with van der Waals surface area (Å²) in [4.78, 5) is 16.5. The molecule has 8 rings (SSSR count). The Morgan fingerprint density at radius 2 is 1.91 bits per heavy atom. The average molecular weight is 720 g/mol. The van der Waals surface area contributed by atoms with Gasteiger partial charge in [0.15, 0.2) is 11.5 Å². The molecule has 4 aliphatic rings. The number of phenols is 2. The fraction of sp³-hybridized carbons (Fsp3) is 0.442. The van der Waals surface area contributed by atoms with Crippen LogP contribution in [-0.4, -0.2) is 54.1 Å². The van der Waals surface area contributed by atoms with Gasteiger partial charge < -0.3 is 40.2 Å². The number of anilines is 1. The zero-order valence-corrected chi connectivity index (χ0v) is 30.5. The molecule has 0 unspecified atom stereocenters. The standard InChI is InChI=1S/C43H49N3O7/c1-25(47)52-24-34-32-9-10-33-39-29(18-31(48)20-37(39)50-2)22-43(14-13-26(21-43)17-27-7-12-38(44)46-23-27)40(33)42(32)53-41(34)28-8-11-35(49)36(19-28)51-16-15-45-30-5-3-4-6-30/h7-12,18-20,23,26,30,34,41,45,48-49H,3-6,13-17,21-22,24H2,1-2H3,(H2,44,46)/t26-,34-,41+,43+/m0/s1. The maximum absolute atomic E-state index is 12.2. The molecule has 1 spiro atoms. The predicted molar refractivity (Wildman–Crippen MR) is 202 cm³/mol. The molecule has 10 nitrogen and oxygen atoms in total. The number of esters is 1. The lowest BCUT2D eigenvalue weighted by molar-refractivity contribution is -0.141. The van der Waals surface area contributed by atoms with E-state index in [0.29, 0.717) is 42.4 Å². The van der Waals surface area contributed by atoms with Crippen molar-refractivity contribution in [3.63, 3.8) is 0 Å². The SMILES string of the molecule is COc1cc(O)cc2c1-c1ccc3c(c1[C@@]1(CC[C@@H](Cc4ccc(N)nc4)C1)C2)O[C@H](c1ccc(O)c(OCCNC2CCCC2)c1)[C@H]3COC(C)=O. The molecule has 1 aromatic heterocycles. The maximum Gasteiger partial charge on any atom is 0.302 e. The van der Waals surface area contributed by atoms with E-state index in [-0.39, 0.29) is 35.4 Å². The van der Waals surface area contributed by atoms with Crippen molar-refractivity contribution < 1.29 is 34.0 Å². The number of nitrogens with one attached hydrogen (secondary N) is 1. The van der Waals surface area contributed by atoms with E-state index in [4.69, 9.17) is 24.7 Å². The van der Waals surface area contributed by atoms with Crippen molar-refractivity contribution in [1.82, 2.24) is 10.3 Å². The first kappa shape index (κ1) is 35.1. The summed E-state index contributed by atoms with van der Waals surface area (Å²) in [6, 6.07) is 17.6. The summed E-state index contributed by atoms with van der Waals surface area (Å²) in [6.07, 6.45) is 10.8. The number of aromatic hydroxyl groups is 2. The minimum atomic E-state index is -0.492. The fourth-order valence-electron chi connectivity index (χ4n) is 9.59. The van der Waals surface area contributed by atoms with Crippen LogP contribution in [0.25, 0.3) is 11.1 Å². The number of pyridine rings is 1. The second-order valence-electron chi connectivity index (χ2n) is 15.4. The molecule has 1 aliphatic heterocycles. The van der Waals surface area contributed by atoms with E-state index in [1.807, 2.05) is 30.5 Å². The van der Waals surface area contributed by atoms with Gasteiger partial charge in [0.05, 0.1) is 13.0 Å². The van der Waals surface area contributed by atoms with E-state index in [2.05, 4.69) is 28.5 Å². The Hall–Kier alpha value is -4.96. The van der Waals surface area contributed by atoms with E-state index in [0.717, 1.165) is 76.8 Å². The summed E-state index contributed by atoms with van der Waals surface area (Å²) in [5.41, 5.74) is 12.8. The second kappa shape index (κ2) is 14.5. The smallest absolute Gasteiger partial charge is 0.302 e. The first-order valence-corrected chi connectivity index (χ1v) is 19.0. The van der Waals surface area contributed by atoms with Crippen LogP contribution in [-0.2, 0) is 27.8 Å². The van der Waals surface area contributed by atoms with Gasteiger partial charge in [-0.25, -0.2) is 4.98 Å². The van der Waals surface area contributed by atoms with Crippen LogP contribution >= 0.6 is 0 Å². The molecule has 53 heavy (non-hydrogen) atoms. The number of nitrogen functional groups attached to an aromatic ring is 1. The number of nitrogens with zero attached hydrogens (tertiary/aromatic N) is 1. The van der Waals surface area contributed by atoms with Crippen molar-refractivity contribution in [3.05, 3.63) is 88.6 Å². The largest absolute Gasteiger partial charge is 0.508 e. The molecule has 2 saturated carbocycles. The highest BCUT2D eigenvalue weighted by Crippen LogP contribution is 2.62. The van der Waals surface area contributed by atoms with Crippen molar-refractivity contribution in [1.29, 1.82) is 0 Å². The summed E-state index contributed by atoms with van der Waals surface area (Å²) in [5.74, 6) is 2.34. The van der Waals surface area contributed by atoms with Crippen LogP contribution in [0.3, 0.4) is 0 Å². The molecule has 0 bridgehead atoms. The van der Waals surface area contributed by atoms with E-state index >= 15 is 0 Å². The van der Waals surface area contributed by atoms with Gasteiger partial charge in [0.1, 0.15) is 42.4 Å². The van der Waals surface area contributed by atoms with Crippen LogP contribution in [0.5, 0.6) is 28.7 Å². The van der Waals surface area contributed by atoms with Gasteiger partial charge >= 0.3 is 5.97 Å². The first-order valence-electron chi connectivity index (χ1n) is 19.0. The highest BCUT2D eigenvalue weighted by Gasteiger charge is 2.50. The molecule has 5 N–H and O–H groups in total. The number of aromatic nitrogens is 1. The van der Waals surface area contributed by atoms with Crippen LogP contribution in [0.1, 0.15) is 91.7 Å². The molecule has 0 amide bonds. The van der Waals surface area contributed by atoms with Gasteiger partial charge in [-0.1, -0.05) is 37.1 Å². The molecule has 2 heterocycles. The quantitative estimate of drug-likeness (QED) is 0.0922. The van der Waals surface area contributed by atoms with Crippen LogP contribution in [0.4, 0.5) is 5.82 Å². The Kier molecular flexibility index (Phi) is 9.57. The number of carbonyl (C=O) groups excluding carboxylic acids is 1. The molecule has 4 aromatic rings. The summed E-state index contributed by atoms with van der Waals surface area (Å²) < 4.78 is 24.8. The normalized spacial score (nSPS) is 22.9. The van der Waals surface area contributed by atoms with Gasteiger partial charge in [-0.2, -0.15) is 0 Å². The van der Waals surface area contributed by atoms with Crippen LogP contribution in [0.15, 0.2) is 60.8 Å². The monoisotopic (exact) mass is 719 g/mol. The Morgan fingerprint density at radius 1 is 1.06 bits per heavy atom. The van der Waals surface area contributed by atoms with Crippen molar-refractivity contribution in [2.24, 2.45) is 5.92 Å². The molecular weight excluding hydrogens is 670 g/mol. The Balaban J connectivity index is 1.17. The molecule has 3 aromatic carbocycles. The molecule has 0 saturated heterocycles. The van der Waals surface area contributed by atoms with Crippen molar-refractivity contribution in [2.45, 2.75) is 88.2 Å². The topological polar surface area (TPSA) is 145 Å². The number of phenolic OH excluding ortho intramolecular Hbond substituents is 2. The summed E-state index contributed by atoms with van der Waals surface area (Å²) in [7, 11) is 1.63. The van der Waals surface area contributed by atoms with Gasteiger partial charge in [0.25, 0.3) is 0 Å². The zero-order chi connectivity index (χ0) is 36.7. The summed E-state index contributed by atoms with van der Waals surface area (Å²) in [6.45, 7) is 2.69. The van der Waals surface area contributed by atoms with Crippen molar-refractivity contribution in [2.75, 3.05) is 32.6 Å². The number of benzene rings is 3. The lowest BCUT2D eigenvalue weighted by Gasteiger charge is -2.39. The number of ether oxygens (including phenoxy) is 4. The molecule has 278 valence electrons. The summed E-state index contributed by atoms with van der Waals surface area (Å²) in [5, 5.41) is 25.1. The zero-order valence-electron chi connectivity index (χ0n) is 30.5. The van der Waals surface area contributed by atoms with E-state index in [1.165, 1.54) is 32.6 Å². The third kappa shape index (κ3) is 6.85. The number of fused-ring (bicyclic) bond motifs is 6. The first-order chi connectivity index (χ1) is 25.7. The van der Waals surface area contributed by atoms with Crippen LogP contribution < -0.4 is 25.3 Å². The van der Waals surface area contributed by atoms with Crippen molar-refractivity contribution in [3.8, 4) is 39.9 Å². The number of rotatable bonds is 11. The van der Waals surface area contributed by atoms with Crippen LogP contribution in [0.2, 0.25) is 0 Å². The molecule has 0 radical (unpaired) electrons. The molecular formula is C43H49N3O7. The van der Waals surface area contributed by atoms with Gasteiger partial charge in [-0.3, -0.25) is 4.79 Å². The van der Waals surface area contributed by atoms with Crippen LogP contribution in [0, 0.1) is 5.92 Å². The average Bonchev–Trinajstić information content (AvgIpc) is 3.90. The molecule has 4 atom stereocenters. The number of nitrogens with two attached hydrogens (primary N) is 1. The van der Waals surface area contributed by atoms with E-state index < -0.39 is 6.10 Å². The third-order valence-corrected chi connectivity index (χ3v) is 11.9. The Bertz CT molecular complexity index is 1990. The molecule has 10 heteroatoms. The lowest BCUT2D eigenvalue weighted by Crippen LogP contribution is -2.31. The fourth-order valence-corrected chi connectivity index (χ4v) is 9.59. The van der Waals surface area contributed by atoms with Gasteiger partial charge in [-0.15, -0.1) is 0 Å². The van der Waals surface area contributed by atoms with Crippen molar-refractivity contribution >= 4 is 11.8 Å². The number of methoxy groups -OCH3 is 1. The van der Waals surface area contributed by atoms with E-state index in [1.54, 1.807) is 19.2 Å². The number of carbonyl (C=O) groups is 1. The lowest BCUT2D eigenvalue weighted by atomic mass is 9.65. The maximum atomic E-state index is 12.2. The highest BCUT2D eigenvalue weighted by molar-refractivity contribution is 5.84. The number of hydrogen-bond donors (Lipinski definition) is 4. The highest BCUT2D eigenvalue weighted by atomic mass is 16.5. The summed E-state index contributed by atoms with van der Waals surface area (Å²) >= 11 is 0. The molecule has 3 aliphatic carbocycles. The van der Waals surface area contributed by atoms with Gasteiger partial charge in [-0.05, 0) is 97.4 Å². The number of hydrogen-bond acceptors (Lipinski definition) is 10. The van der Waals surface area contributed by atoms with Gasteiger partial charge in [0.2, 0.25) is 0 Å². The third-order valence-electron chi connectivity index (χ3n) is 11.9. The Morgan fingerprint density at radius 3 is 2.68 bits per heavy atom. The second-order valence-corrected chi connectivity index (χ2v) is 15.4.